The first-order valence-corrected chi connectivity index (χ1v) is 12.4. The zero-order valence-corrected chi connectivity index (χ0v) is 21.1. The fraction of sp³-hybridized carbons (Fsp3) is 0.200. The average Bonchev–Trinajstić information content (AvgIpc) is 2.79. The standard InChI is InChI=1S/C30H32NOP/c1-21-19-25(30(3,4)5)28(32)27(20-21)33-29-22(2)13-12-18-26(29)31(23-14-8-6-9-15-23)24-16-10-7-11-17-24/h6-20,32-33H,1-5H3. The summed E-state index contributed by atoms with van der Waals surface area (Å²) < 4.78 is 0. The maximum Gasteiger partial charge on any atom is 0.127 e. The molecule has 168 valence electrons. The van der Waals surface area contributed by atoms with Crippen molar-refractivity contribution in [2.75, 3.05) is 4.90 Å². The molecule has 0 aromatic heterocycles. The third kappa shape index (κ3) is 4.97. The van der Waals surface area contributed by atoms with Crippen LogP contribution in [0.15, 0.2) is 91.0 Å². The van der Waals surface area contributed by atoms with Crippen molar-refractivity contribution < 1.29 is 5.11 Å². The molecule has 4 rings (SSSR count). The predicted molar refractivity (Wildman–Crippen MR) is 145 cm³/mol. The molecule has 4 aromatic rings. The van der Waals surface area contributed by atoms with Crippen molar-refractivity contribution in [2.24, 2.45) is 0 Å². The Bertz CT molecular complexity index is 1200. The molecule has 0 aliphatic heterocycles. The van der Waals surface area contributed by atoms with E-state index in [1.165, 1.54) is 16.4 Å². The summed E-state index contributed by atoms with van der Waals surface area (Å²) in [5.41, 5.74) is 6.66. The Labute approximate surface area is 199 Å². The maximum atomic E-state index is 11.3. The molecule has 33 heavy (non-hydrogen) atoms. The van der Waals surface area contributed by atoms with E-state index in [4.69, 9.17) is 0 Å². The first-order chi connectivity index (χ1) is 15.8. The van der Waals surface area contributed by atoms with Gasteiger partial charge in [-0.15, -0.1) is 0 Å². The molecule has 1 N–H and O–H groups in total. The fourth-order valence-electron chi connectivity index (χ4n) is 4.16. The van der Waals surface area contributed by atoms with Gasteiger partial charge in [-0.05, 0) is 66.8 Å². The van der Waals surface area contributed by atoms with E-state index in [-0.39, 0.29) is 5.41 Å². The topological polar surface area (TPSA) is 23.5 Å². The summed E-state index contributed by atoms with van der Waals surface area (Å²) in [4.78, 5) is 2.31. The van der Waals surface area contributed by atoms with E-state index in [1.54, 1.807) is 0 Å². The molecule has 4 aromatic carbocycles. The highest BCUT2D eigenvalue weighted by Gasteiger charge is 2.23. The molecular formula is C30H32NOP. The third-order valence-electron chi connectivity index (χ3n) is 5.84. The second-order valence-corrected chi connectivity index (χ2v) is 10.8. The van der Waals surface area contributed by atoms with Crippen LogP contribution in [0.25, 0.3) is 0 Å². The van der Waals surface area contributed by atoms with Gasteiger partial charge in [0.05, 0.1) is 5.69 Å². The number of aromatic hydroxyl groups is 1. The third-order valence-corrected chi connectivity index (χ3v) is 7.39. The van der Waals surface area contributed by atoms with Crippen molar-refractivity contribution in [3.8, 4) is 5.75 Å². The zero-order valence-electron chi connectivity index (χ0n) is 20.1. The van der Waals surface area contributed by atoms with Crippen LogP contribution in [0, 0.1) is 13.8 Å². The van der Waals surface area contributed by atoms with Crippen molar-refractivity contribution in [1.82, 2.24) is 0 Å². The summed E-state index contributed by atoms with van der Waals surface area (Å²) >= 11 is 0. The molecular weight excluding hydrogens is 421 g/mol. The number of benzene rings is 4. The molecule has 0 saturated carbocycles. The Kier molecular flexibility index (Phi) is 6.58. The number of para-hydroxylation sites is 2. The second kappa shape index (κ2) is 9.41. The van der Waals surface area contributed by atoms with Gasteiger partial charge in [0.25, 0.3) is 0 Å². The summed E-state index contributed by atoms with van der Waals surface area (Å²) in [7, 11) is 0.336. The van der Waals surface area contributed by atoms with Crippen molar-refractivity contribution in [2.45, 2.75) is 40.0 Å². The highest BCUT2D eigenvalue weighted by Crippen LogP contribution is 2.38. The monoisotopic (exact) mass is 453 g/mol. The molecule has 0 fully saturated rings. The Balaban J connectivity index is 1.89. The Hall–Kier alpha value is -3.09. The second-order valence-electron chi connectivity index (χ2n) is 9.56. The molecule has 0 bridgehead atoms. The van der Waals surface area contributed by atoms with Gasteiger partial charge in [-0.1, -0.05) is 83.9 Å². The van der Waals surface area contributed by atoms with Crippen LogP contribution in [-0.2, 0) is 5.41 Å². The number of hydrogen-bond acceptors (Lipinski definition) is 2. The molecule has 1 unspecified atom stereocenters. The Morgan fingerprint density at radius 2 is 1.30 bits per heavy atom. The van der Waals surface area contributed by atoms with E-state index in [0.29, 0.717) is 14.3 Å². The van der Waals surface area contributed by atoms with Gasteiger partial charge in [0.15, 0.2) is 0 Å². The first-order valence-electron chi connectivity index (χ1n) is 11.4. The summed E-state index contributed by atoms with van der Waals surface area (Å²) in [6.45, 7) is 10.7. The molecule has 0 radical (unpaired) electrons. The van der Waals surface area contributed by atoms with Gasteiger partial charge in [0.1, 0.15) is 5.75 Å². The van der Waals surface area contributed by atoms with Gasteiger partial charge in [-0.25, -0.2) is 0 Å². The van der Waals surface area contributed by atoms with Crippen LogP contribution in [0.3, 0.4) is 0 Å². The minimum Gasteiger partial charge on any atom is -0.507 e. The van der Waals surface area contributed by atoms with Gasteiger partial charge >= 0.3 is 0 Å². The number of phenols is 1. The molecule has 2 nitrogen and oxygen atoms in total. The lowest BCUT2D eigenvalue weighted by Crippen LogP contribution is -2.21. The largest absolute Gasteiger partial charge is 0.507 e. The van der Waals surface area contributed by atoms with Crippen molar-refractivity contribution in [1.29, 1.82) is 0 Å². The van der Waals surface area contributed by atoms with Crippen LogP contribution < -0.4 is 15.5 Å². The predicted octanol–water partition coefficient (Wildman–Crippen LogP) is 7.41. The number of anilines is 3. The van der Waals surface area contributed by atoms with Gasteiger partial charge in [0, 0.05) is 27.5 Å². The SMILES string of the molecule is Cc1cc(Pc2c(C)cccc2N(c2ccccc2)c2ccccc2)c(O)c(C(C)(C)C)c1. The van der Waals surface area contributed by atoms with E-state index < -0.39 is 0 Å². The minimum atomic E-state index is -0.121. The smallest absolute Gasteiger partial charge is 0.127 e. The first kappa shape index (κ1) is 23.1. The Morgan fingerprint density at radius 3 is 1.85 bits per heavy atom. The fourth-order valence-corrected chi connectivity index (χ4v) is 5.59. The molecule has 1 atom stereocenters. The molecule has 0 spiro atoms. The van der Waals surface area contributed by atoms with Crippen LogP contribution in [0.2, 0.25) is 0 Å². The Morgan fingerprint density at radius 1 is 0.727 bits per heavy atom. The number of aryl methyl sites for hydroxylation is 2. The van der Waals surface area contributed by atoms with Crippen molar-refractivity contribution in [3.63, 3.8) is 0 Å². The molecule has 0 amide bonds. The molecule has 0 saturated heterocycles. The van der Waals surface area contributed by atoms with E-state index in [0.717, 1.165) is 27.9 Å². The molecule has 3 heteroatoms. The molecule has 0 heterocycles. The normalized spacial score (nSPS) is 11.8. The van der Waals surface area contributed by atoms with E-state index in [9.17, 15) is 5.11 Å². The maximum absolute atomic E-state index is 11.3. The summed E-state index contributed by atoms with van der Waals surface area (Å²) in [5, 5.41) is 13.5. The molecule has 0 aliphatic carbocycles. The summed E-state index contributed by atoms with van der Waals surface area (Å²) in [6.07, 6.45) is 0. The van der Waals surface area contributed by atoms with Crippen LogP contribution in [0.5, 0.6) is 5.75 Å². The van der Waals surface area contributed by atoms with E-state index in [1.807, 2.05) is 12.1 Å². The van der Waals surface area contributed by atoms with Crippen LogP contribution in [-0.4, -0.2) is 5.11 Å². The van der Waals surface area contributed by atoms with Gasteiger partial charge in [-0.3, -0.25) is 0 Å². The van der Waals surface area contributed by atoms with Crippen molar-refractivity contribution in [3.05, 3.63) is 108 Å². The lowest BCUT2D eigenvalue weighted by Gasteiger charge is -2.29. The lowest BCUT2D eigenvalue weighted by atomic mass is 9.85. The lowest BCUT2D eigenvalue weighted by molar-refractivity contribution is 0.450. The van der Waals surface area contributed by atoms with Crippen molar-refractivity contribution >= 4 is 36.3 Å². The minimum absolute atomic E-state index is 0.121. The highest BCUT2D eigenvalue weighted by atomic mass is 31.1. The van der Waals surface area contributed by atoms with Crippen LogP contribution in [0.1, 0.15) is 37.5 Å². The van der Waals surface area contributed by atoms with Gasteiger partial charge in [-0.2, -0.15) is 0 Å². The average molecular weight is 454 g/mol. The summed E-state index contributed by atoms with van der Waals surface area (Å²) in [6, 6.07) is 31.7. The highest BCUT2D eigenvalue weighted by molar-refractivity contribution is 7.56. The zero-order chi connectivity index (χ0) is 23.6. The summed E-state index contributed by atoms with van der Waals surface area (Å²) in [5.74, 6) is 0.423. The number of hydrogen-bond donors (Lipinski definition) is 1. The quantitative estimate of drug-likeness (QED) is 0.318. The van der Waals surface area contributed by atoms with Crippen LogP contribution in [0.4, 0.5) is 17.1 Å². The van der Waals surface area contributed by atoms with Gasteiger partial charge < -0.3 is 10.0 Å². The van der Waals surface area contributed by atoms with E-state index in [2.05, 4.69) is 118 Å². The number of phenolic OH excluding ortho intramolecular Hbond substituents is 1. The molecule has 0 aliphatic rings. The number of nitrogens with zero attached hydrogens (tertiary/aromatic N) is 1. The van der Waals surface area contributed by atoms with E-state index >= 15 is 0 Å². The van der Waals surface area contributed by atoms with Crippen LogP contribution >= 0.6 is 8.58 Å². The number of rotatable bonds is 5. The van der Waals surface area contributed by atoms with Gasteiger partial charge in [0.2, 0.25) is 0 Å².